The minimum Gasteiger partial charge on any atom is -0.500 e. The van der Waals surface area contributed by atoms with Crippen molar-refractivity contribution in [3.63, 3.8) is 0 Å². The second-order valence-corrected chi connectivity index (χ2v) is 13.0. The molecule has 0 aliphatic rings. The van der Waals surface area contributed by atoms with Gasteiger partial charge in [-0.05, 0) is 45.5 Å². The molecular formula is C42H36IrN4O-2. The molecule has 0 unspecified atom stereocenters. The summed E-state index contributed by atoms with van der Waals surface area (Å²) in [5, 5.41) is 14.6. The van der Waals surface area contributed by atoms with Crippen LogP contribution >= 0.6 is 0 Å². The van der Waals surface area contributed by atoms with E-state index in [0.717, 1.165) is 49.2 Å². The second-order valence-electron chi connectivity index (χ2n) is 13.0. The number of hydrogen-bond acceptors (Lipinski definition) is 5. The summed E-state index contributed by atoms with van der Waals surface area (Å²) in [6, 6.07) is 38.6. The van der Waals surface area contributed by atoms with Gasteiger partial charge in [0.1, 0.15) is 5.58 Å². The van der Waals surface area contributed by atoms with Gasteiger partial charge in [0.15, 0.2) is 0 Å². The standard InChI is InChI=1S/C29H23N2O.C13H13N2.Ir/c1-29(2,3)17-20-15-16-30-28(31-20)24-10-6-9-22-23-14-13-19-12-11-18-7-4-5-8-21(18)25(19)27(23)32-26(22)24;1-10(2)12-8-13(15-14-9-12)11-6-4-3-5-7-11;/h4-9,11-16H,17H2,1-3H3;3-6,8-10H,1-2H3;/q2*-1;/i17D2;;. The summed E-state index contributed by atoms with van der Waals surface area (Å²) in [5.41, 5.74) is 4.94. The number of hydrogen-bond donors (Lipinski definition) is 0. The Labute approximate surface area is 297 Å². The Morgan fingerprint density at radius 2 is 1.58 bits per heavy atom. The second kappa shape index (κ2) is 13.8. The van der Waals surface area contributed by atoms with Crippen LogP contribution in [0.5, 0.6) is 0 Å². The fourth-order valence-corrected chi connectivity index (χ4v) is 5.77. The fraction of sp³-hybridized carbons (Fsp3) is 0.190. The fourth-order valence-electron chi connectivity index (χ4n) is 5.77. The predicted octanol–water partition coefficient (Wildman–Crippen LogP) is 10.8. The number of fused-ring (bicyclic) bond motifs is 7. The summed E-state index contributed by atoms with van der Waals surface area (Å²) in [6.07, 6.45) is 1.80. The van der Waals surface area contributed by atoms with Crippen LogP contribution in [0.15, 0.2) is 114 Å². The van der Waals surface area contributed by atoms with Gasteiger partial charge in [-0.3, -0.25) is 9.97 Å². The van der Waals surface area contributed by atoms with Gasteiger partial charge in [0.2, 0.25) is 0 Å². The van der Waals surface area contributed by atoms with Crippen molar-refractivity contribution in [3.8, 4) is 22.6 Å². The van der Waals surface area contributed by atoms with E-state index in [0.29, 0.717) is 28.6 Å². The van der Waals surface area contributed by atoms with Gasteiger partial charge < -0.3 is 4.42 Å². The molecular weight excluding hydrogens is 769 g/mol. The van der Waals surface area contributed by atoms with Gasteiger partial charge in [0, 0.05) is 51.2 Å². The molecule has 3 aromatic heterocycles. The van der Waals surface area contributed by atoms with Gasteiger partial charge in [-0.1, -0.05) is 100 Å². The smallest absolute Gasteiger partial charge is 0.129 e. The third-order valence-corrected chi connectivity index (χ3v) is 8.02. The molecule has 0 aliphatic carbocycles. The molecule has 8 rings (SSSR count). The Balaban J connectivity index is 0.000000227. The number of nitrogens with zero attached hydrogens (tertiary/aromatic N) is 4. The molecule has 5 aromatic carbocycles. The zero-order chi connectivity index (χ0) is 34.3. The van der Waals surface area contributed by atoms with E-state index in [1.807, 2.05) is 75.5 Å². The van der Waals surface area contributed by atoms with Crippen molar-refractivity contribution >= 4 is 43.5 Å². The molecule has 8 aromatic rings. The quantitative estimate of drug-likeness (QED) is 0.131. The summed E-state index contributed by atoms with van der Waals surface area (Å²) >= 11 is 0. The average molecular weight is 807 g/mol. The monoisotopic (exact) mass is 807 g/mol. The first-order chi connectivity index (χ1) is 23.5. The van der Waals surface area contributed by atoms with E-state index in [-0.39, 0.29) is 20.1 Å². The van der Waals surface area contributed by atoms with E-state index in [2.05, 4.69) is 88.6 Å². The van der Waals surface area contributed by atoms with Crippen LogP contribution in [0.4, 0.5) is 0 Å². The van der Waals surface area contributed by atoms with Crippen LogP contribution in [0.1, 0.15) is 54.5 Å². The topological polar surface area (TPSA) is 64.7 Å². The Morgan fingerprint density at radius 1 is 0.812 bits per heavy atom. The summed E-state index contributed by atoms with van der Waals surface area (Å²) in [6.45, 7) is 9.91. The van der Waals surface area contributed by atoms with E-state index in [1.165, 1.54) is 5.56 Å². The molecule has 1 radical (unpaired) electrons. The predicted molar refractivity (Wildman–Crippen MR) is 192 cm³/mol. The van der Waals surface area contributed by atoms with E-state index in [9.17, 15) is 0 Å². The van der Waals surface area contributed by atoms with Crippen molar-refractivity contribution in [1.29, 1.82) is 0 Å². The average Bonchev–Trinajstić information content (AvgIpc) is 3.51. The first-order valence-electron chi connectivity index (χ1n) is 16.8. The molecule has 0 saturated carbocycles. The molecule has 3 heterocycles. The van der Waals surface area contributed by atoms with E-state index in [1.54, 1.807) is 12.3 Å². The van der Waals surface area contributed by atoms with Gasteiger partial charge >= 0.3 is 0 Å². The Morgan fingerprint density at radius 3 is 2.38 bits per heavy atom. The Hall–Kier alpha value is -4.77. The summed E-state index contributed by atoms with van der Waals surface area (Å²) in [5.74, 6) is 0.882. The summed E-state index contributed by atoms with van der Waals surface area (Å²) < 4.78 is 23.8. The molecule has 0 bridgehead atoms. The number of aromatic nitrogens is 4. The van der Waals surface area contributed by atoms with Crippen molar-refractivity contribution in [3.05, 3.63) is 133 Å². The van der Waals surface area contributed by atoms with Crippen molar-refractivity contribution in [1.82, 2.24) is 20.2 Å². The maximum Gasteiger partial charge on any atom is 0.129 e. The van der Waals surface area contributed by atoms with Crippen LogP contribution in [-0.2, 0) is 26.5 Å². The molecule has 0 amide bonds. The molecule has 0 fully saturated rings. The van der Waals surface area contributed by atoms with Crippen LogP contribution in [0.3, 0.4) is 0 Å². The zero-order valence-corrected chi connectivity index (χ0v) is 29.9. The van der Waals surface area contributed by atoms with Gasteiger partial charge in [-0.15, -0.1) is 54.1 Å². The normalized spacial score (nSPS) is 12.5. The van der Waals surface area contributed by atoms with E-state index in [4.69, 9.17) is 7.16 Å². The molecule has 0 aliphatic heterocycles. The van der Waals surface area contributed by atoms with Gasteiger partial charge in [-0.25, -0.2) is 5.10 Å². The van der Waals surface area contributed by atoms with Crippen molar-refractivity contribution in [2.45, 2.75) is 46.9 Å². The molecule has 0 saturated heterocycles. The minimum atomic E-state index is -1.62. The van der Waals surface area contributed by atoms with Gasteiger partial charge in [0.25, 0.3) is 0 Å². The van der Waals surface area contributed by atoms with Crippen LogP contribution in [0.2, 0.25) is 0 Å². The largest absolute Gasteiger partial charge is 0.500 e. The zero-order valence-electron chi connectivity index (χ0n) is 29.5. The number of rotatable bonds is 4. The maximum absolute atomic E-state index is 8.64. The van der Waals surface area contributed by atoms with Gasteiger partial charge in [0.05, 0.1) is 17.6 Å². The third-order valence-electron chi connectivity index (χ3n) is 8.02. The molecule has 0 spiro atoms. The van der Waals surface area contributed by atoms with Crippen LogP contribution in [-0.4, -0.2) is 20.2 Å². The van der Waals surface area contributed by atoms with Gasteiger partial charge in [-0.2, -0.15) is 5.10 Å². The Bertz CT molecular complexity index is 2450. The van der Waals surface area contributed by atoms with Crippen molar-refractivity contribution in [2.24, 2.45) is 5.41 Å². The van der Waals surface area contributed by atoms with Crippen LogP contribution < -0.4 is 0 Å². The maximum atomic E-state index is 8.64. The first kappa shape index (κ1) is 30.6. The van der Waals surface area contributed by atoms with Crippen LogP contribution in [0, 0.1) is 17.5 Å². The SMILES string of the molecule is CC(C)c1cnnc(-c2[c-]cccc2)c1.[2H]C([2H])(c1ccnc(-c2[c-]ccc3c2oc2c3ccc3ccc4ccccc4c32)n1)C(C)(C)C.[Ir]. The van der Waals surface area contributed by atoms with E-state index < -0.39 is 11.8 Å². The summed E-state index contributed by atoms with van der Waals surface area (Å²) in [4.78, 5) is 9.11. The van der Waals surface area contributed by atoms with Crippen molar-refractivity contribution < 1.29 is 27.3 Å². The van der Waals surface area contributed by atoms with Crippen LogP contribution in [0.25, 0.3) is 66.1 Å². The van der Waals surface area contributed by atoms with Crippen molar-refractivity contribution in [2.75, 3.05) is 0 Å². The first-order valence-corrected chi connectivity index (χ1v) is 15.8. The number of benzene rings is 5. The Kier molecular flexibility index (Phi) is 8.76. The molecule has 0 N–H and O–H groups in total. The number of furan rings is 1. The third kappa shape index (κ3) is 6.78. The molecule has 241 valence electrons. The van der Waals surface area contributed by atoms with E-state index >= 15 is 0 Å². The molecule has 48 heavy (non-hydrogen) atoms. The summed E-state index contributed by atoms with van der Waals surface area (Å²) in [7, 11) is 0. The molecule has 5 nitrogen and oxygen atoms in total. The minimum absolute atomic E-state index is 0. The molecule has 6 heteroatoms. The molecule has 0 atom stereocenters.